The zero-order chi connectivity index (χ0) is 25.9. The second kappa shape index (κ2) is 10.9. The van der Waals surface area contributed by atoms with E-state index in [1.54, 1.807) is 38.5 Å². The van der Waals surface area contributed by atoms with E-state index in [2.05, 4.69) is 10.3 Å². The number of aromatic nitrogens is 1. The highest BCUT2D eigenvalue weighted by molar-refractivity contribution is 7.10. The third kappa shape index (κ3) is 5.65. The number of hydrogen-bond acceptors (Lipinski definition) is 6. The van der Waals surface area contributed by atoms with Crippen molar-refractivity contribution in [1.29, 1.82) is 0 Å². The van der Waals surface area contributed by atoms with Crippen LogP contribution in [0.1, 0.15) is 53.7 Å². The first-order valence-corrected chi connectivity index (χ1v) is 13.1. The first-order valence-electron chi connectivity index (χ1n) is 11.8. The number of aryl methyl sites for hydroxylation is 1. The summed E-state index contributed by atoms with van der Waals surface area (Å²) < 4.78 is 11.4. The minimum absolute atomic E-state index is 0.0766. The highest BCUT2D eigenvalue weighted by Crippen LogP contribution is 2.34. The summed E-state index contributed by atoms with van der Waals surface area (Å²) in [7, 11) is 1.58. The molecular formula is C27H30ClN3O4S. The molecule has 1 N–H and O–H groups in total. The standard InChI is InChI=1S/C27H30ClN3O4S/c1-17-8-7-11-22(34-4)23(17)30-24(32)20-16-36-25(29-20)18-12-14-31(15-13-18)26(33)27(2,3)35-21-10-6-5-9-19(21)28/h5-11,16,18H,12-15H2,1-4H3,(H,30,32). The van der Waals surface area contributed by atoms with Crippen LogP contribution in [0.3, 0.4) is 0 Å². The van der Waals surface area contributed by atoms with Crippen molar-refractivity contribution in [3.05, 3.63) is 69.1 Å². The molecule has 0 bridgehead atoms. The minimum Gasteiger partial charge on any atom is -0.495 e. The van der Waals surface area contributed by atoms with E-state index in [0.717, 1.165) is 23.4 Å². The molecule has 4 rings (SSSR count). The Morgan fingerprint density at radius 3 is 2.50 bits per heavy atom. The number of nitrogens with one attached hydrogen (secondary N) is 1. The number of thiazole rings is 1. The van der Waals surface area contributed by atoms with Gasteiger partial charge < -0.3 is 19.7 Å². The number of likely N-dealkylation sites (tertiary alicyclic amines) is 1. The van der Waals surface area contributed by atoms with Crippen molar-refractivity contribution in [2.45, 2.75) is 45.1 Å². The average molecular weight is 528 g/mol. The number of rotatable bonds is 7. The molecule has 2 amide bonds. The molecule has 0 saturated carbocycles. The highest BCUT2D eigenvalue weighted by atomic mass is 35.5. The van der Waals surface area contributed by atoms with Gasteiger partial charge in [-0.3, -0.25) is 9.59 Å². The van der Waals surface area contributed by atoms with Crippen LogP contribution in [0.2, 0.25) is 5.02 Å². The zero-order valence-electron chi connectivity index (χ0n) is 20.8. The molecule has 0 unspecified atom stereocenters. The second-order valence-corrected chi connectivity index (χ2v) is 10.6. The van der Waals surface area contributed by atoms with Crippen LogP contribution >= 0.6 is 22.9 Å². The number of anilines is 1. The van der Waals surface area contributed by atoms with Crippen molar-refractivity contribution in [2.24, 2.45) is 0 Å². The van der Waals surface area contributed by atoms with E-state index in [0.29, 0.717) is 41.0 Å². The minimum atomic E-state index is -1.04. The predicted octanol–water partition coefficient (Wildman–Crippen LogP) is 5.93. The molecule has 36 heavy (non-hydrogen) atoms. The fourth-order valence-electron chi connectivity index (χ4n) is 4.28. The lowest BCUT2D eigenvalue weighted by atomic mass is 9.96. The summed E-state index contributed by atoms with van der Waals surface area (Å²) in [5.41, 5.74) is 0.902. The molecule has 0 aliphatic carbocycles. The molecule has 1 aliphatic heterocycles. The second-order valence-electron chi connectivity index (χ2n) is 9.29. The maximum absolute atomic E-state index is 13.2. The van der Waals surface area contributed by atoms with Crippen LogP contribution in [-0.2, 0) is 4.79 Å². The van der Waals surface area contributed by atoms with E-state index in [1.807, 2.05) is 42.2 Å². The first-order chi connectivity index (χ1) is 17.2. The molecule has 1 saturated heterocycles. The number of halogens is 1. The summed E-state index contributed by atoms with van der Waals surface area (Å²) >= 11 is 7.69. The van der Waals surface area contributed by atoms with Gasteiger partial charge in [0.05, 0.1) is 22.8 Å². The quantitative estimate of drug-likeness (QED) is 0.412. The van der Waals surface area contributed by atoms with E-state index in [-0.39, 0.29) is 17.7 Å². The number of amides is 2. The van der Waals surface area contributed by atoms with Gasteiger partial charge in [0.2, 0.25) is 0 Å². The van der Waals surface area contributed by atoms with Gasteiger partial charge >= 0.3 is 0 Å². The average Bonchev–Trinajstić information content (AvgIpc) is 3.37. The number of para-hydroxylation sites is 2. The number of benzene rings is 2. The Labute approximate surface area is 220 Å². The van der Waals surface area contributed by atoms with E-state index >= 15 is 0 Å². The number of nitrogens with zero attached hydrogens (tertiary/aromatic N) is 2. The lowest BCUT2D eigenvalue weighted by Gasteiger charge is -2.36. The van der Waals surface area contributed by atoms with E-state index in [9.17, 15) is 9.59 Å². The van der Waals surface area contributed by atoms with Crippen LogP contribution in [0.4, 0.5) is 5.69 Å². The van der Waals surface area contributed by atoms with E-state index in [4.69, 9.17) is 21.1 Å². The van der Waals surface area contributed by atoms with Crippen molar-refractivity contribution in [1.82, 2.24) is 9.88 Å². The van der Waals surface area contributed by atoms with Crippen molar-refractivity contribution in [3.8, 4) is 11.5 Å². The summed E-state index contributed by atoms with van der Waals surface area (Å²) in [6, 6.07) is 12.8. The number of hydrogen-bond donors (Lipinski definition) is 1. The molecule has 2 heterocycles. The fourth-order valence-corrected chi connectivity index (χ4v) is 5.43. The molecule has 0 radical (unpaired) electrons. The molecule has 3 aromatic rings. The predicted molar refractivity (Wildman–Crippen MR) is 143 cm³/mol. The molecule has 1 aromatic heterocycles. The van der Waals surface area contributed by atoms with Gasteiger partial charge in [0, 0.05) is 24.4 Å². The largest absolute Gasteiger partial charge is 0.495 e. The van der Waals surface area contributed by atoms with Crippen molar-refractivity contribution in [2.75, 3.05) is 25.5 Å². The van der Waals surface area contributed by atoms with Gasteiger partial charge in [-0.15, -0.1) is 11.3 Å². The molecule has 7 nitrogen and oxygen atoms in total. The Morgan fingerprint density at radius 2 is 1.81 bits per heavy atom. The monoisotopic (exact) mass is 527 g/mol. The van der Waals surface area contributed by atoms with Crippen LogP contribution in [0.15, 0.2) is 47.8 Å². The number of piperidine rings is 1. The number of carbonyl (C=O) groups is 2. The summed E-state index contributed by atoms with van der Waals surface area (Å²) in [5, 5.41) is 6.10. The Kier molecular flexibility index (Phi) is 7.85. The molecule has 0 atom stereocenters. The Hall–Kier alpha value is -3.10. The lowest BCUT2D eigenvalue weighted by molar-refractivity contribution is -0.146. The zero-order valence-corrected chi connectivity index (χ0v) is 22.4. The molecule has 1 aliphatic rings. The molecule has 2 aromatic carbocycles. The van der Waals surface area contributed by atoms with Gasteiger partial charge in [0.15, 0.2) is 5.60 Å². The molecule has 190 valence electrons. The number of ether oxygens (including phenoxy) is 2. The van der Waals surface area contributed by atoms with Gasteiger partial charge in [-0.1, -0.05) is 35.9 Å². The Morgan fingerprint density at radius 1 is 1.11 bits per heavy atom. The molecule has 1 fully saturated rings. The summed E-state index contributed by atoms with van der Waals surface area (Å²) in [6.07, 6.45) is 1.54. The topological polar surface area (TPSA) is 80.8 Å². The number of carbonyl (C=O) groups excluding carboxylic acids is 2. The van der Waals surface area contributed by atoms with Crippen molar-refractivity contribution >= 4 is 40.4 Å². The first kappa shape index (κ1) is 26.0. The van der Waals surface area contributed by atoms with Crippen molar-refractivity contribution in [3.63, 3.8) is 0 Å². The summed E-state index contributed by atoms with van der Waals surface area (Å²) in [5.74, 6) is 0.950. The van der Waals surface area contributed by atoms with Gasteiger partial charge in [0.1, 0.15) is 17.2 Å². The lowest BCUT2D eigenvalue weighted by Crippen LogP contribution is -2.51. The van der Waals surface area contributed by atoms with Crippen LogP contribution in [0.25, 0.3) is 0 Å². The third-order valence-electron chi connectivity index (χ3n) is 6.30. The maximum atomic E-state index is 13.2. The molecule has 0 spiro atoms. The smallest absolute Gasteiger partial charge is 0.275 e. The van der Waals surface area contributed by atoms with E-state index in [1.165, 1.54) is 11.3 Å². The normalized spacial score (nSPS) is 14.4. The van der Waals surface area contributed by atoms with Gasteiger partial charge in [-0.05, 0) is 57.4 Å². The Bertz CT molecular complexity index is 1250. The van der Waals surface area contributed by atoms with Crippen LogP contribution in [-0.4, -0.2) is 47.5 Å². The van der Waals surface area contributed by atoms with Gasteiger partial charge in [-0.2, -0.15) is 0 Å². The fraction of sp³-hybridized carbons (Fsp3) is 0.370. The highest BCUT2D eigenvalue weighted by Gasteiger charge is 2.37. The van der Waals surface area contributed by atoms with Crippen LogP contribution in [0.5, 0.6) is 11.5 Å². The number of methoxy groups -OCH3 is 1. The summed E-state index contributed by atoms with van der Waals surface area (Å²) in [6.45, 7) is 6.64. The van der Waals surface area contributed by atoms with Crippen LogP contribution in [0, 0.1) is 6.92 Å². The maximum Gasteiger partial charge on any atom is 0.275 e. The third-order valence-corrected chi connectivity index (χ3v) is 7.62. The Balaban J connectivity index is 1.36. The van der Waals surface area contributed by atoms with E-state index < -0.39 is 5.60 Å². The van der Waals surface area contributed by atoms with Gasteiger partial charge in [-0.25, -0.2) is 4.98 Å². The molecule has 9 heteroatoms. The van der Waals surface area contributed by atoms with Crippen molar-refractivity contribution < 1.29 is 19.1 Å². The summed E-state index contributed by atoms with van der Waals surface area (Å²) in [4.78, 5) is 32.5. The van der Waals surface area contributed by atoms with Crippen LogP contribution < -0.4 is 14.8 Å². The SMILES string of the molecule is COc1cccc(C)c1NC(=O)c1csc(C2CCN(C(=O)C(C)(C)Oc3ccccc3Cl)CC2)n1. The molecular weight excluding hydrogens is 498 g/mol. The van der Waals surface area contributed by atoms with Gasteiger partial charge in [0.25, 0.3) is 11.8 Å².